The van der Waals surface area contributed by atoms with Crippen LogP contribution in [0, 0.1) is 5.82 Å². The van der Waals surface area contributed by atoms with Gasteiger partial charge in [0.25, 0.3) is 5.91 Å². The quantitative estimate of drug-likeness (QED) is 0.931. The fourth-order valence-corrected chi connectivity index (χ4v) is 2.63. The molecule has 1 aromatic heterocycles. The number of carbonyl (C=O) groups is 1. The number of hydrogen-bond acceptors (Lipinski definition) is 5. The molecular weight excluding hydrogens is 309 g/mol. The first kappa shape index (κ1) is 16.3. The number of carbonyl (C=O) groups excluding carboxylic acids is 1. The van der Waals surface area contributed by atoms with Gasteiger partial charge >= 0.3 is 0 Å². The number of halogens is 1. The molecule has 1 N–H and O–H groups in total. The lowest BCUT2D eigenvalue weighted by Gasteiger charge is -2.33. The Kier molecular flexibility index (Phi) is 5.00. The minimum Gasteiger partial charge on any atom is -0.337 e. The smallest absolute Gasteiger partial charge is 0.274 e. The number of para-hydroxylation sites is 1. The van der Waals surface area contributed by atoms with E-state index in [-0.39, 0.29) is 11.7 Å². The van der Waals surface area contributed by atoms with Crippen LogP contribution in [0.3, 0.4) is 0 Å². The van der Waals surface area contributed by atoms with E-state index in [4.69, 9.17) is 0 Å². The Labute approximate surface area is 140 Å². The minimum atomic E-state index is -0.367. The Balaban J connectivity index is 1.64. The molecule has 0 saturated carbocycles. The predicted molar refractivity (Wildman–Crippen MR) is 89.7 cm³/mol. The molecule has 1 aromatic carbocycles. The number of aromatic nitrogens is 2. The van der Waals surface area contributed by atoms with E-state index in [9.17, 15) is 9.18 Å². The lowest BCUT2D eigenvalue weighted by Crippen LogP contribution is -2.48. The molecule has 0 bridgehead atoms. The van der Waals surface area contributed by atoms with E-state index in [0.717, 1.165) is 19.6 Å². The molecule has 0 spiro atoms. The Hall–Kier alpha value is -2.54. The zero-order valence-electron chi connectivity index (χ0n) is 13.6. The molecule has 2 heterocycles. The van der Waals surface area contributed by atoms with Gasteiger partial charge in [-0.3, -0.25) is 4.79 Å². The molecule has 1 saturated heterocycles. The van der Waals surface area contributed by atoms with Crippen LogP contribution in [0.2, 0.25) is 0 Å². The van der Waals surface area contributed by atoms with Gasteiger partial charge in [0.15, 0.2) is 0 Å². The van der Waals surface area contributed by atoms with E-state index in [1.807, 2.05) is 0 Å². The first-order chi connectivity index (χ1) is 11.7. The second-order valence-corrected chi connectivity index (χ2v) is 5.62. The molecule has 0 atom stereocenters. The fourth-order valence-electron chi connectivity index (χ4n) is 2.63. The molecule has 7 heteroatoms. The van der Waals surface area contributed by atoms with Crippen LogP contribution in [0.1, 0.15) is 17.4 Å². The van der Waals surface area contributed by atoms with Crippen molar-refractivity contribution in [3.05, 3.63) is 48.2 Å². The van der Waals surface area contributed by atoms with Crippen molar-refractivity contribution in [2.24, 2.45) is 0 Å². The highest BCUT2D eigenvalue weighted by Gasteiger charge is 2.22. The highest BCUT2D eigenvalue weighted by Crippen LogP contribution is 2.17. The van der Waals surface area contributed by atoms with Gasteiger partial charge in [0.05, 0.1) is 18.1 Å². The number of benzene rings is 1. The van der Waals surface area contributed by atoms with Crippen LogP contribution in [0.5, 0.6) is 0 Å². The second kappa shape index (κ2) is 7.35. The Morgan fingerprint density at radius 3 is 2.54 bits per heavy atom. The number of hydrogen-bond donors (Lipinski definition) is 1. The number of piperazine rings is 1. The number of amides is 1. The number of nitrogens with zero attached hydrogens (tertiary/aromatic N) is 4. The van der Waals surface area contributed by atoms with Crippen LogP contribution in [0.15, 0.2) is 36.7 Å². The van der Waals surface area contributed by atoms with Gasteiger partial charge in [-0.25, -0.2) is 14.4 Å². The molecule has 1 aliphatic heterocycles. The predicted octanol–water partition coefficient (Wildman–Crippen LogP) is 2.14. The molecule has 1 amide bonds. The van der Waals surface area contributed by atoms with Gasteiger partial charge in [-0.05, 0) is 18.7 Å². The molecule has 6 nitrogen and oxygen atoms in total. The van der Waals surface area contributed by atoms with Crippen molar-refractivity contribution in [1.29, 1.82) is 0 Å². The first-order valence-corrected chi connectivity index (χ1v) is 8.02. The van der Waals surface area contributed by atoms with Gasteiger partial charge in [0.1, 0.15) is 17.3 Å². The fraction of sp³-hybridized carbons (Fsp3) is 0.353. The third-order valence-electron chi connectivity index (χ3n) is 4.11. The normalized spacial score (nSPS) is 15.3. The molecule has 1 fully saturated rings. The van der Waals surface area contributed by atoms with Gasteiger partial charge < -0.3 is 15.1 Å². The monoisotopic (exact) mass is 329 g/mol. The topological polar surface area (TPSA) is 61.4 Å². The zero-order chi connectivity index (χ0) is 16.9. The van der Waals surface area contributed by atoms with Crippen molar-refractivity contribution >= 4 is 17.4 Å². The summed E-state index contributed by atoms with van der Waals surface area (Å²) in [4.78, 5) is 24.9. The molecule has 126 valence electrons. The summed E-state index contributed by atoms with van der Waals surface area (Å²) in [6.07, 6.45) is 2.87. The number of anilines is 2. The van der Waals surface area contributed by atoms with Crippen LogP contribution in [0.25, 0.3) is 0 Å². The van der Waals surface area contributed by atoms with Gasteiger partial charge in [0.2, 0.25) is 0 Å². The summed E-state index contributed by atoms with van der Waals surface area (Å²) >= 11 is 0. The molecule has 1 aliphatic rings. The second-order valence-electron chi connectivity index (χ2n) is 5.62. The third-order valence-corrected chi connectivity index (χ3v) is 4.11. The first-order valence-electron chi connectivity index (χ1n) is 8.02. The van der Waals surface area contributed by atoms with Crippen LogP contribution in [0.4, 0.5) is 15.9 Å². The van der Waals surface area contributed by atoms with Crippen molar-refractivity contribution in [3.8, 4) is 0 Å². The lowest BCUT2D eigenvalue weighted by molar-refractivity contribution is 0.0637. The van der Waals surface area contributed by atoms with Crippen molar-refractivity contribution in [1.82, 2.24) is 19.8 Å². The third kappa shape index (κ3) is 3.68. The van der Waals surface area contributed by atoms with Crippen molar-refractivity contribution < 1.29 is 9.18 Å². The van der Waals surface area contributed by atoms with Gasteiger partial charge in [-0.2, -0.15) is 0 Å². The molecule has 24 heavy (non-hydrogen) atoms. The highest BCUT2D eigenvalue weighted by molar-refractivity contribution is 5.92. The maximum absolute atomic E-state index is 13.6. The Morgan fingerprint density at radius 1 is 1.17 bits per heavy atom. The van der Waals surface area contributed by atoms with Gasteiger partial charge in [0, 0.05) is 26.2 Å². The summed E-state index contributed by atoms with van der Waals surface area (Å²) in [7, 11) is 0. The largest absolute Gasteiger partial charge is 0.337 e. The molecule has 2 aromatic rings. The number of nitrogens with one attached hydrogen (secondary N) is 1. The average Bonchev–Trinajstić information content (AvgIpc) is 2.64. The molecule has 3 rings (SSSR count). The summed E-state index contributed by atoms with van der Waals surface area (Å²) in [5.41, 5.74) is 0.626. The van der Waals surface area contributed by atoms with E-state index in [1.54, 1.807) is 23.1 Å². The SMILES string of the molecule is CCN1CCN(C(=O)c2cnc(Nc3ccccc3F)cn2)CC1. The van der Waals surface area contributed by atoms with E-state index >= 15 is 0 Å². The van der Waals surface area contributed by atoms with Gasteiger partial charge in [-0.15, -0.1) is 0 Å². The summed E-state index contributed by atoms with van der Waals surface area (Å²) in [5, 5.41) is 2.85. The minimum absolute atomic E-state index is 0.115. The zero-order valence-corrected chi connectivity index (χ0v) is 13.6. The maximum atomic E-state index is 13.6. The summed E-state index contributed by atoms with van der Waals surface area (Å²) in [6.45, 7) is 6.26. The van der Waals surface area contributed by atoms with Crippen LogP contribution in [-0.4, -0.2) is 58.4 Å². The molecule has 0 radical (unpaired) electrons. The van der Waals surface area contributed by atoms with Crippen LogP contribution >= 0.6 is 0 Å². The number of rotatable bonds is 4. The molecule has 0 aliphatic carbocycles. The van der Waals surface area contributed by atoms with Crippen molar-refractivity contribution in [2.75, 3.05) is 38.0 Å². The van der Waals surface area contributed by atoms with E-state index in [1.165, 1.54) is 18.5 Å². The summed E-state index contributed by atoms with van der Waals surface area (Å²) in [5.74, 6) is -0.0867. The standard InChI is InChI=1S/C17H20FN5O/c1-2-22-7-9-23(10-8-22)17(24)15-11-20-16(12-19-15)21-14-6-4-3-5-13(14)18/h3-6,11-12H,2,7-10H2,1H3,(H,20,21). The molecular formula is C17H20FN5O. The van der Waals surface area contributed by atoms with E-state index in [0.29, 0.717) is 30.3 Å². The maximum Gasteiger partial charge on any atom is 0.274 e. The Morgan fingerprint density at radius 2 is 1.92 bits per heavy atom. The number of likely N-dealkylation sites (N-methyl/N-ethyl adjacent to an activating group) is 1. The highest BCUT2D eigenvalue weighted by atomic mass is 19.1. The Bertz CT molecular complexity index is 698. The lowest BCUT2D eigenvalue weighted by atomic mass is 10.3. The average molecular weight is 329 g/mol. The molecule has 0 unspecified atom stereocenters. The van der Waals surface area contributed by atoms with Gasteiger partial charge in [-0.1, -0.05) is 19.1 Å². The van der Waals surface area contributed by atoms with Crippen LogP contribution in [-0.2, 0) is 0 Å². The summed E-state index contributed by atoms with van der Waals surface area (Å²) < 4.78 is 13.6. The summed E-state index contributed by atoms with van der Waals surface area (Å²) in [6, 6.07) is 6.33. The van der Waals surface area contributed by atoms with Crippen molar-refractivity contribution in [3.63, 3.8) is 0 Å². The van der Waals surface area contributed by atoms with E-state index in [2.05, 4.69) is 27.1 Å². The van der Waals surface area contributed by atoms with E-state index < -0.39 is 0 Å². The van der Waals surface area contributed by atoms with Crippen molar-refractivity contribution in [2.45, 2.75) is 6.92 Å². The van der Waals surface area contributed by atoms with Crippen LogP contribution < -0.4 is 5.32 Å².